The monoisotopic (exact) mass is 182 g/mol. The summed E-state index contributed by atoms with van der Waals surface area (Å²) in [4.78, 5) is 0.654. The SMILES string of the molecule is CSc1c(F)ccc2[nH]ncc12. The Labute approximate surface area is 73.2 Å². The third-order valence-electron chi connectivity index (χ3n) is 1.73. The second kappa shape index (κ2) is 2.79. The number of rotatable bonds is 1. The van der Waals surface area contributed by atoms with Crippen molar-refractivity contribution in [3.05, 3.63) is 24.1 Å². The van der Waals surface area contributed by atoms with Crippen LogP contribution in [0.1, 0.15) is 0 Å². The van der Waals surface area contributed by atoms with E-state index in [1.807, 2.05) is 6.26 Å². The van der Waals surface area contributed by atoms with Crippen molar-refractivity contribution in [1.29, 1.82) is 0 Å². The Bertz CT molecular complexity index is 410. The van der Waals surface area contributed by atoms with Crippen molar-refractivity contribution in [2.24, 2.45) is 0 Å². The van der Waals surface area contributed by atoms with Crippen LogP contribution in [0, 0.1) is 5.82 Å². The highest BCUT2D eigenvalue weighted by Crippen LogP contribution is 2.27. The molecule has 0 aliphatic carbocycles. The Morgan fingerprint density at radius 2 is 2.33 bits per heavy atom. The van der Waals surface area contributed by atoms with E-state index in [2.05, 4.69) is 10.2 Å². The Balaban J connectivity index is 2.83. The van der Waals surface area contributed by atoms with Crippen molar-refractivity contribution >= 4 is 22.7 Å². The van der Waals surface area contributed by atoms with Gasteiger partial charge in [0, 0.05) is 5.39 Å². The van der Waals surface area contributed by atoms with Gasteiger partial charge in [-0.05, 0) is 18.4 Å². The van der Waals surface area contributed by atoms with Gasteiger partial charge in [-0.15, -0.1) is 11.8 Å². The molecule has 0 aliphatic heterocycles. The van der Waals surface area contributed by atoms with Crippen molar-refractivity contribution < 1.29 is 4.39 Å². The molecule has 0 amide bonds. The van der Waals surface area contributed by atoms with Gasteiger partial charge in [-0.2, -0.15) is 5.10 Å². The van der Waals surface area contributed by atoms with Gasteiger partial charge in [-0.3, -0.25) is 5.10 Å². The highest BCUT2D eigenvalue weighted by atomic mass is 32.2. The van der Waals surface area contributed by atoms with E-state index in [1.54, 1.807) is 12.3 Å². The smallest absolute Gasteiger partial charge is 0.137 e. The van der Waals surface area contributed by atoms with E-state index in [-0.39, 0.29) is 5.82 Å². The molecule has 0 aliphatic rings. The van der Waals surface area contributed by atoms with Crippen molar-refractivity contribution in [2.45, 2.75) is 4.90 Å². The van der Waals surface area contributed by atoms with Crippen molar-refractivity contribution in [2.75, 3.05) is 6.26 Å². The number of benzene rings is 1. The fourth-order valence-electron chi connectivity index (χ4n) is 1.17. The first kappa shape index (κ1) is 7.61. The van der Waals surface area contributed by atoms with Gasteiger partial charge in [-0.1, -0.05) is 0 Å². The van der Waals surface area contributed by atoms with Crippen molar-refractivity contribution in [3.8, 4) is 0 Å². The molecule has 0 unspecified atom stereocenters. The lowest BCUT2D eigenvalue weighted by atomic mass is 10.2. The van der Waals surface area contributed by atoms with Crippen LogP contribution in [-0.2, 0) is 0 Å². The number of thioether (sulfide) groups is 1. The van der Waals surface area contributed by atoms with E-state index < -0.39 is 0 Å². The van der Waals surface area contributed by atoms with Crippen LogP contribution < -0.4 is 0 Å². The van der Waals surface area contributed by atoms with Crippen LogP contribution in [0.3, 0.4) is 0 Å². The summed E-state index contributed by atoms with van der Waals surface area (Å²) in [5.74, 6) is -0.184. The first-order valence-corrected chi connectivity index (χ1v) is 4.71. The third-order valence-corrected chi connectivity index (χ3v) is 2.55. The van der Waals surface area contributed by atoms with Gasteiger partial charge >= 0.3 is 0 Å². The summed E-state index contributed by atoms with van der Waals surface area (Å²) in [5.41, 5.74) is 0.876. The minimum Gasteiger partial charge on any atom is -0.278 e. The number of nitrogens with zero attached hydrogens (tertiary/aromatic N) is 1. The van der Waals surface area contributed by atoms with Crippen LogP contribution in [0.25, 0.3) is 10.9 Å². The van der Waals surface area contributed by atoms with Crippen LogP contribution in [0.15, 0.2) is 23.2 Å². The highest BCUT2D eigenvalue weighted by molar-refractivity contribution is 7.98. The van der Waals surface area contributed by atoms with Gasteiger partial charge in [-0.25, -0.2) is 4.39 Å². The average Bonchev–Trinajstić information content (AvgIpc) is 2.52. The number of aromatic amines is 1. The van der Waals surface area contributed by atoms with E-state index >= 15 is 0 Å². The minimum absolute atomic E-state index is 0.184. The predicted octanol–water partition coefficient (Wildman–Crippen LogP) is 2.42. The molecule has 0 radical (unpaired) electrons. The van der Waals surface area contributed by atoms with Gasteiger partial charge in [0.05, 0.1) is 16.6 Å². The molecule has 2 rings (SSSR count). The van der Waals surface area contributed by atoms with Gasteiger partial charge in [0.1, 0.15) is 5.82 Å². The maximum absolute atomic E-state index is 13.1. The number of nitrogens with one attached hydrogen (secondary N) is 1. The topological polar surface area (TPSA) is 28.7 Å². The maximum Gasteiger partial charge on any atom is 0.137 e. The first-order valence-electron chi connectivity index (χ1n) is 3.48. The largest absolute Gasteiger partial charge is 0.278 e. The van der Waals surface area contributed by atoms with Crippen LogP contribution in [0.4, 0.5) is 4.39 Å². The average molecular weight is 182 g/mol. The second-order valence-corrected chi connectivity index (χ2v) is 3.23. The molecule has 2 aromatic rings. The van der Waals surface area contributed by atoms with Gasteiger partial charge in [0.25, 0.3) is 0 Å². The van der Waals surface area contributed by atoms with E-state index in [0.717, 1.165) is 10.9 Å². The predicted molar refractivity (Wildman–Crippen MR) is 47.8 cm³/mol. The summed E-state index contributed by atoms with van der Waals surface area (Å²) in [6, 6.07) is 3.14. The zero-order valence-electron chi connectivity index (χ0n) is 6.47. The molecule has 1 aromatic carbocycles. The number of hydrogen-bond donors (Lipinski definition) is 1. The number of halogens is 1. The van der Waals surface area contributed by atoms with Crippen molar-refractivity contribution in [3.63, 3.8) is 0 Å². The molecule has 12 heavy (non-hydrogen) atoms. The Kier molecular flexibility index (Phi) is 1.77. The van der Waals surface area contributed by atoms with E-state index in [4.69, 9.17) is 0 Å². The molecule has 0 atom stereocenters. The molecule has 0 spiro atoms. The van der Waals surface area contributed by atoms with E-state index in [1.165, 1.54) is 17.8 Å². The molecular formula is C8H7FN2S. The van der Waals surface area contributed by atoms with Gasteiger partial charge in [0.2, 0.25) is 0 Å². The molecule has 0 fully saturated rings. The van der Waals surface area contributed by atoms with Crippen LogP contribution in [0.5, 0.6) is 0 Å². The lowest BCUT2D eigenvalue weighted by Gasteiger charge is -1.98. The number of aromatic nitrogens is 2. The standard InChI is InChI=1S/C8H7FN2S/c1-12-8-5-4-10-11-7(5)3-2-6(8)9/h2-4H,1H3,(H,10,11). The zero-order valence-corrected chi connectivity index (χ0v) is 7.28. The normalized spacial score (nSPS) is 10.8. The fraction of sp³-hybridized carbons (Fsp3) is 0.125. The van der Waals surface area contributed by atoms with Gasteiger partial charge < -0.3 is 0 Å². The summed E-state index contributed by atoms with van der Waals surface area (Å²) in [7, 11) is 0. The van der Waals surface area contributed by atoms with E-state index in [9.17, 15) is 4.39 Å². The quantitative estimate of drug-likeness (QED) is 0.686. The fourth-order valence-corrected chi connectivity index (χ4v) is 1.82. The lowest BCUT2D eigenvalue weighted by Crippen LogP contribution is -1.80. The molecule has 1 heterocycles. The number of hydrogen-bond acceptors (Lipinski definition) is 2. The van der Waals surface area contributed by atoms with Crippen LogP contribution in [-0.4, -0.2) is 16.5 Å². The Hall–Kier alpha value is -1.03. The molecular weight excluding hydrogens is 175 g/mol. The second-order valence-electron chi connectivity index (χ2n) is 2.41. The van der Waals surface area contributed by atoms with Crippen LogP contribution in [0.2, 0.25) is 0 Å². The van der Waals surface area contributed by atoms with Gasteiger partial charge in [0.15, 0.2) is 0 Å². The zero-order chi connectivity index (χ0) is 8.55. The molecule has 0 saturated carbocycles. The summed E-state index contributed by atoms with van der Waals surface area (Å²) in [6.07, 6.45) is 3.50. The molecule has 62 valence electrons. The molecule has 0 saturated heterocycles. The first-order chi connectivity index (χ1) is 5.83. The molecule has 0 bridgehead atoms. The Morgan fingerprint density at radius 1 is 1.50 bits per heavy atom. The summed E-state index contributed by atoms with van der Waals surface area (Å²) in [6.45, 7) is 0. The van der Waals surface area contributed by atoms with E-state index in [0.29, 0.717) is 4.90 Å². The molecule has 1 N–H and O–H groups in total. The van der Waals surface area contributed by atoms with Crippen LogP contribution >= 0.6 is 11.8 Å². The number of H-pyrrole nitrogens is 1. The highest BCUT2D eigenvalue weighted by Gasteiger charge is 2.06. The third kappa shape index (κ3) is 0.992. The Morgan fingerprint density at radius 3 is 3.08 bits per heavy atom. The lowest BCUT2D eigenvalue weighted by molar-refractivity contribution is 0.606. The molecule has 1 aromatic heterocycles. The maximum atomic E-state index is 13.1. The summed E-state index contributed by atoms with van der Waals surface area (Å²) < 4.78 is 13.1. The summed E-state index contributed by atoms with van der Waals surface area (Å²) >= 11 is 1.39. The van der Waals surface area contributed by atoms with Crippen molar-refractivity contribution in [1.82, 2.24) is 10.2 Å². The summed E-state index contributed by atoms with van der Waals surface area (Å²) in [5, 5.41) is 7.49. The number of fused-ring (bicyclic) bond motifs is 1. The minimum atomic E-state index is -0.184. The molecule has 2 nitrogen and oxygen atoms in total. The molecule has 4 heteroatoms.